The van der Waals surface area contributed by atoms with Gasteiger partial charge in [0.25, 0.3) is 0 Å². The Morgan fingerprint density at radius 2 is 1.83 bits per heavy atom. The highest BCUT2D eigenvalue weighted by molar-refractivity contribution is 6.06. The Balaban J connectivity index is 1.46. The SMILES string of the molecule is CCOc1ccc2c(c1)CC(NCCCCO)C(=O)N2c1ccc([C@@H](OC)[C@H](C)/C=C/CC(=O)N(CCO)Cc2ccccc2)cc1. The number of anilines is 2. The number of nitrogens with zero attached hydrogens (tertiary/aromatic N) is 2. The molecule has 0 aromatic heterocycles. The average molecular weight is 644 g/mol. The summed E-state index contributed by atoms with van der Waals surface area (Å²) in [7, 11) is 1.67. The Morgan fingerprint density at radius 1 is 1.06 bits per heavy atom. The minimum absolute atomic E-state index is 0.0230. The van der Waals surface area contributed by atoms with Crippen molar-refractivity contribution < 1.29 is 29.3 Å². The Hall–Kier alpha value is -4.02. The maximum atomic E-state index is 13.8. The van der Waals surface area contributed by atoms with Crippen LogP contribution in [-0.2, 0) is 27.3 Å². The summed E-state index contributed by atoms with van der Waals surface area (Å²) < 4.78 is 11.6. The van der Waals surface area contributed by atoms with Crippen molar-refractivity contribution in [2.24, 2.45) is 5.92 Å². The van der Waals surface area contributed by atoms with Crippen LogP contribution in [-0.4, -0.2) is 73.0 Å². The molecule has 1 heterocycles. The van der Waals surface area contributed by atoms with Crippen molar-refractivity contribution in [1.29, 1.82) is 0 Å². The van der Waals surface area contributed by atoms with E-state index in [0.717, 1.165) is 40.2 Å². The summed E-state index contributed by atoms with van der Waals surface area (Å²) in [6, 6.07) is 23.1. The maximum absolute atomic E-state index is 13.8. The van der Waals surface area contributed by atoms with E-state index in [0.29, 0.717) is 32.5 Å². The molecular formula is C38H49N3O6. The van der Waals surface area contributed by atoms with Gasteiger partial charge in [0.2, 0.25) is 11.8 Å². The molecule has 1 unspecified atom stereocenters. The molecule has 9 nitrogen and oxygen atoms in total. The number of ether oxygens (including phenoxy) is 2. The molecule has 3 aromatic rings. The maximum Gasteiger partial charge on any atom is 0.249 e. The van der Waals surface area contributed by atoms with Gasteiger partial charge in [0.1, 0.15) is 5.75 Å². The molecule has 2 amide bonds. The van der Waals surface area contributed by atoms with Crippen molar-refractivity contribution in [1.82, 2.24) is 10.2 Å². The predicted molar refractivity (Wildman–Crippen MR) is 185 cm³/mol. The van der Waals surface area contributed by atoms with Crippen molar-refractivity contribution in [3.63, 3.8) is 0 Å². The average Bonchev–Trinajstić information content (AvgIpc) is 3.08. The predicted octanol–water partition coefficient (Wildman–Crippen LogP) is 5.33. The van der Waals surface area contributed by atoms with Crippen LogP contribution in [0, 0.1) is 5.92 Å². The van der Waals surface area contributed by atoms with Crippen LogP contribution in [0.5, 0.6) is 5.75 Å². The number of rotatable bonds is 18. The summed E-state index contributed by atoms with van der Waals surface area (Å²) in [5, 5.41) is 22.1. The third kappa shape index (κ3) is 9.74. The lowest BCUT2D eigenvalue weighted by Gasteiger charge is -2.35. The van der Waals surface area contributed by atoms with Gasteiger partial charge in [-0.25, -0.2) is 0 Å². The molecule has 0 aliphatic carbocycles. The zero-order valence-electron chi connectivity index (χ0n) is 27.8. The minimum atomic E-state index is -0.390. The topological polar surface area (TPSA) is 112 Å². The Bertz CT molecular complexity index is 1450. The van der Waals surface area contributed by atoms with Crippen molar-refractivity contribution in [2.75, 3.05) is 44.9 Å². The van der Waals surface area contributed by atoms with Gasteiger partial charge in [-0.15, -0.1) is 0 Å². The minimum Gasteiger partial charge on any atom is -0.494 e. The third-order valence-corrected chi connectivity index (χ3v) is 8.40. The molecule has 47 heavy (non-hydrogen) atoms. The number of benzene rings is 3. The lowest BCUT2D eigenvalue weighted by Crippen LogP contribution is -2.49. The number of carbonyl (C=O) groups excluding carboxylic acids is 2. The second-order valence-corrected chi connectivity index (χ2v) is 11.8. The number of amides is 2. The number of hydrogen-bond acceptors (Lipinski definition) is 7. The molecule has 0 bridgehead atoms. The summed E-state index contributed by atoms with van der Waals surface area (Å²) in [5.74, 6) is 0.677. The van der Waals surface area contributed by atoms with E-state index in [1.54, 1.807) is 16.9 Å². The van der Waals surface area contributed by atoms with Crippen LogP contribution in [0.2, 0.25) is 0 Å². The first kappa shape index (κ1) is 35.8. The Kier molecular flexibility index (Phi) is 14.0. The number of unbranched alkanes of at least 4 members (excludes halogenated alkanes) is 1. The largest absolute Gasteiger partial charge is 0.494 e. The molecule has 3 aromatic carbocycles. The van der Waals surface area contributed by atoms with Crippen LogP contribution in [0.3, 0.4) is 0 Å². The van der Waals surface area contributed by atoms with Gasteiger partial charge >= 0.3 is 0 Å². The molecule has 1 aliphatic heterocycles. The van der Waals surface area contributed by atoms with Gasteiger partial charge in [-0.1, -0.05) is 61.5 Å². The van der Waals surface area contributed by atoms with E-state index in [2.05, 4.69) is 5.32 Å². The quantitative estimate of drug-likeness (QED) is 0.127. The fourth-order valence-corrected chi connectivity index (χ4v) is 6.02. The first-order chi connectivity index (χ1) is 22.9. The summed E-state index contributed by atoms with van der Waals surface area (Å²) in [6.45, 7) is 5.97. The highest BCUT2D eigenvalue weighted by Crippen LogP contribution is 2.37. The fraction of sp³-hybridized carbons (Fsp3) is 0.421. The molecule has 0 saturated carbocycles. The molecule has 3 atom stereocenters. The lowest BCUT2D eigenvalue weighted by atomic mass is 9.94. The van der Waals surface area contributed by atoms with Crippen LogP contribution in [0.4, 0.5) is 11.4 Å². The highest BCUT2D eigenvalue weighted by atomic mass is 16.5. The molecule has 3 N–H and O–H groups in total. The van der Waals surface area contributed by atoms with E-state index in [1.165, 1.54) is 0 Å². The van der Waals surface area contributed by atoms with Crippen LogP contribution in [0.1, 0.15) is 55.9 Å². The van der Waals surface area contributed by atoms with Gasteiger partial charge in [-0.05, 0) is 79.8 Å². The van der Waals surface area contributed by atoms with Crippen molar-refractivity contribution in [3.05, 3.63) is 102 Å². The molecule has 1 aliphatic rings. The number of nitrogens with one attached hydrogen (secondary N) is 1. The molecule has 252 valence electrons. The van der Waals surface area contributed by atoms with E-state index in [4.69, 9.17) is 14.6 Å². The molecule has 0 saturated heterocycles. The molecule has 9 heteroatoms. The van der Waals surface area contributed by atoms with E-state index < -0.39 is 6.04 Å². The molecule has 0 spiro atoms. The van der Waals surface area contributed by atoms with Crippen LogP contribution in [0.15, 0.2) is 84.9 Å². The lowest BCUT2D eigenvalue weighted by molar-refractivity contribution is -0.131. The monoisotopic (exact) mass is 643 g/mol. The molecule has 0 fully saturated rings. The summed E-state index contributed by atoms with van der Waals surface area (Å²) >= 11 is 0. The number of aliphatic hydroxyl groups is 2. The second kappa shape index (κ2) is 18.4. The highest BCUT2D eigenvalue weighted by Gasteiger charge is 2.34. The van der Waals surface area contributed by atoms with Gasteiger partial charge in [-0.3, -0.25) is 14.5 Å². The van der Waals surface area contributed by atoms with Crippen molar-refractivity contribution in [2.45, 2.75) is 58.2 Å². The van der Waals surface area contributed by atoms with Gasteiger partial charge in [0.05, 0.1) is 31.0 Å². The first-order valence-corrected chi connectivity index (χ1v) is 16.6. The van der Waals surface area contributed by atoms with E-state index in [-0.39, 0.29) is 50.0 Å². The van der Waals surface area contributed by atoms with Gasteiger partial charge in [-0.2, -0.15) is 0 Å². The van der Waals surface area contributed by atoms with E-state index >= 15 is 0 Å². The van der Waals surface area contributed by atoms with Crippen molar-refractivity contribution in [3.8, 4) is 5.75 Å². The Labute approximate surface area is 278 Å². The third-order valence-electron chi connectivity index (χ3n) is 8.40. The summed E-state index contributed by atoms with van der Waals surface area (Å²) in [4.78, 5) is 30.2. The first-order valence-electron chi connectivity index (χ1n) is 16.6. The standard InChI is InChI=1S/C38H49N3O6/c1-4-47-33-19-20-35-31(25-33)26-34(39-21-8-9-23-42)38(45)41(35)32-17-15-30(16-18-32)37(46-3)28(2)11-10-14-36(44)40(22-24-43)27-29-12-6-5-7-13-29/h5-7,10-13,15-20,25,28,34,37,39,42-43H,4,8-9,14,21-24,26-27H2,1-3H3/b11-10+/t28-,34?,37+/m1/s1. The van der Waals surface area contributed by atoms with Gasteiger partial charge in [0, 0.05) is 44.8 Å². The smallest absolute Gasteiger partial charge is 0.249 e. The van der Waals surface area contributed by atoms with Gasteiger partial charge < -0.3 is 29.9 Å². The van der Waals surface area contributed by atoms with E-state index in [1.807, 2.05) is 98.8 Å². The van der Waals surface area contributed by atoms with E-state index in [9.17, 15) is 14.7 Å². The zero-order valence-corrected chi connectivity index (χ0v) is 27.8. The van der Waals surface area contributed by atoms with Crippen LogP contribution < -0.4 is 15.0 Å². The summed E-state index contributed by atoms with van der Waals surface area (Å²) in [5.41, 5.74) is 4.61. The number of fused-ring (bicyclic) bond motifs is 1. The zero-order chi connectivity index (χ0) is 33.6. The second-order valence-electron chi connectivity index (χ2n) is 11.8. The number of aliphatic hydroxyl groups excluding tert-OH is 2. The van der Waals surface area contributed by atoms with Gasteiger partial charge in [0.15, 0.2) is 0 Å². The molecular weight excluding hydrogens is 594 g/mol. The normalized spacial score (nSPS) is 15.8. The van der Waals surface area contributed by atoms with Crippen LogP contribution >= 0.6 is 0 Å². The van der Waals surface area contributed by atoms with Crippen molar-refractivity contribution >= 4 is 23.2 Å². The Morgan fingerprint density at radius 3 is 2.51 bits per heavy atom. The molecule has 0 radical (unpaired) electrons. The number of carbonyl (C=O) groups is 2. The summed E-state index contributed by atoms with van der Waals surface area (Å²) in [6.07, 6.45) is 5.87. The fourth-order valence-electron chi connectivity index (χ4n) is 6.02. The number of hydrogen-bond donors (Lipinski definition) is 3. The molecule has 4 rings (SSSR count). The van der Waals surface area contributed by atoms with Crippen LogP contribution in [0.25, 0.3) is 0 Å². The number of methoxy groups -OCH3 is 1.